The fraction of sp³-hybridized carbons (Fsp3) is 0.556. The normalized spacial score (nSPS) is 13.0. The molecule has 1 N–H and O–H groups in total. The Morgan fingerprint density at radius 2 is 2.25 bits per heavy atom. The molecule has 0 spiro atoms. The van der Waals surface area contributed by atoms with Gasteiger partial charge in [-0.05, 0) is 6.92 Å². The summed E-state index contributed by atoms with van der Waals surface area (Å²) in [6.07, 6.45) is -4.22. The van der Waals surface area contributed by atoms with E-state index in [2.05, 4.69) is 9.84 Å². The highest BCUT2D eigenvalue weighted by atomic mass is 19.4. The Labute approximate surface area is 109 Å². The monoisotopic (exact) mass is 297 g/mol. The lowest BCUT2D eigenvalue weighted by Gasteiger charge is -2.08. The van der Waals surface area contributed by atoms with Crippen molar-refractivity contribution in [1.82, 2.24) is 9.78 Å². The minimum atomic E-state index is -4.66. The van der Waals surface area contributed by atoms with E-state index in [-0.39, 0.29) is 0 Å². The number of aliphatic carboxylic acids is 1. The number of rotatable bonds is 6. The van der Waals surface area contributed by atoms with Crippen LogP contribution < -0.4 is 4.74 Å². The molecule has 1 heterocycles. The lowest BCUT2D eigenvalue weighted by Crippen LogP contribution is -2.20. The molecule has 1 aromatic heterocycles. The van der Waals surface area contributed by atoms with E-state index < -0.39 is 47.7 Å². The van der Waals surface area contributed by atoms with Crippen molar-refractivity contribution in [3.05, 3.63) is 16.3 Å². The second-order valence-corrected chi connectivity index (χ2v) is 3.91. The van der Waals surface area contributed by atoms with Crippen LogP contribution in [0.4, 0.5) is 18.9 Å². The first-order chi connectivity index (χ1) is 9.10. The van der Waals surface area contributed by atoms with Gasteiger partial charge in [-0.3, -0.25) is 19.6 Å². The zero-order valence-electron chi connectivity index (χ0n) is 10.1. The van der Waals surface area contributed by atoms with Crippen LogP contribution in [0.2, 0.25) is 0 Å². The van der Waals surface area contributed by atoms with Crippen LogP contribution in [0, 0.1) is 10.1 Å². The maximum absolute atomic E-state index is 12.0. The lowest BCUT2D eigenvalue weighted by molar-refractivity contribution is -0.386. The summed E-state index contributed by atoms with van der Waals surface area (Å²) in [5.74, 6) is -1.97. The van der Waals surface area contributed by atoms with Gasteiger partial charge in [-0.1, -0.05) is 0 Å². The quantitative estimate of drug-likeness (QED) is 0.633. The number of nitrogens with zero attached hydrogens (tertiary/aromatic N) is 3. The molecule has 0 unspecified atom stereocenters. The predicted molar refractivity (Wildman–Crippen MR) is 57.4 cm³/mol. The number of carboxylic acids is 1. The molecule has 0 saturated carbocycles. The van der Waals surface area contributed by atoms with Gasteiger partial charge in [0.2, 0.25) is 0 Å². The first kappa shape index (κ1) is 15.7. The molecule has 0 aliphatic rings. The Hall–Kier alpha value is -2.33. The van der Waals surface area contributed by atoms with Gasteiger partial charge in [0.05, 0.1) is 17.4 Å². The molecule has 11 heteroatoms. The molecule has 0 bridgehead atoms. The minimum Gasteiger partial charge on any atom is -0.481 e. The maximum Gasteiger partial charge on any atom is 0.422 e. The summed E-state index contributed by atoms with van der Waals surface area (Å²) in [4.78, 5) is 20.2. The van der Waals surface area contributed by atoms with E-state index in [1.807, 2.05) is 0 Å². The van der Waals surface area contributed by atoms with E-state index in [9.17, 15) is 28.1 Å². The van der Waals surface area contributed by atoms with Crippen molar-refractivity contribution in [3.8, 4) is 5.88 Å². The highest BCUT2D eigenvalue weighted by Gasteiger charge is 2.32. The van der Waals surface area contributed by atoms with Crippen LogP contribution in [-0.2, 0) is 4.79 Å². The Bertz CT molecular complexity index is 513. The number of aromatic nitrogens is 2. The highest BCUT2D eigenvalue weighted by molar-refractivity contribution is 5.67. The molecule has 0 amide bonds. The third kappa shape index (κ3) is 4.40. The van der Waals surface area contributed by atoms with E-state index >= 15 is 0 Å². The summed E-state index contributed by atoms with van der Waals surface area (Å²) < 4.78 is 41.2. The maximum atomic E-state index is 12.0. The largest absolute Gasteiger partial charge is 0.481 e. The second kappa shape index (κ2) is 5.75. The lowest BCUT2D eigenvalue weighted by atomic mass is 10.2. The first-order valence-electron chi connectivity index (χ1n) is 5.25. The molecule has 1 rings (SSSR count). The fourth-order valence-corrected chi connectivity index (χ4v) is 1.32. The molecule has 0 aliphatic heterocycles. The van der Waals surface area contributed by atoms with Crippen LogP contribution in [0.25, 0.3) is 0 Å². The Kier molecular flexibility index (Phi) is 4.53. The summed E-state index contributed by atoms with van der Waals surface area (Å²) >= 11 is 0. The Morgan fingerprint density at radius 1 is 1.65 bits per heavy atom. The molecule has 1 atom stereocenters. The van der Waals surface area contributed by atoms with E-state index in [4.69, 9.17) is 5.11 Å². The molecule has 0 saturated heterocycles. The van der Waals surface area contributed by atoms with Crippen LogP contribution in [0.3, 0.4) is 0 Å². The fourth-order valence-electron chi connectivity index (χ4n) is 1.32. The third-order valence-corrected chi connectivity index (χ3v) is 2.17. The van der Waals surface area contributed by atoms with Crippen molar-refractivity contribution < 1.29 is 32.7 Å². The average molecular weight is 297 g/mol. The summed E-state index contributed by atoms with van der Waals surface area (Å²) in [6, 6.07) is -0.769. The number of hydrogen-bond donors (Lipinski definition) is 1. The van der Waals surface area contributed by atoms with Crippen LogP contribution in [0.5, 0.6) is 5.88 Å². The van der Waals surface area contributed by atoms with Gasteiger partial charge in [-0.2, -0.15) is 13.2 Å². The van der Waals surface area contributed by atoms with Crippen molar-refractivity contribution in [1.29, 1.82) is 0 Å². The van der Waals surface area contributed by atoms with Gasteiger partial charge in [-0.25, -0.2) is 0 Å². The van der Waals surface area contributed by atoms with Gasteiger partial charge in [0.25, 0.3) is 0 Å². The number of halogens is 3. The van der Waals surface area contributed by atoms with Crippen molar-refractivity contribution in [2.24, 2.45) is 0 Å². The summed E-state index contributed by atoms with van der Waals surface area (Å²) in [6.45, 7) is -0.323. The molecule has 20 heavy (non-hydrogen) atoms. The topological polar surface area (TPSA) is 107 Å². The van der Waals surface area contributed by atoms with E-state index in [0.717, 1.165) is 10.9 Å². The van der Waals surface area contributed by atoms with Gasteiger partial charge in [0, 0.05) is 0 Å². The van der Waals surface area contributed by atoms with E-state index in [1.165, 1.54) is 6.92 Å². The van der Waals surface area contributed by atoms with Crippen LogP contribution in [0.1, 0.15) is 19.4 Å². The molecule has 112 valence electrons. The SMILES string of the molecule is C[C@H](CC(=O)O)n1cc([N+](=O)[O-])c(OCC(F)(F)F)n1. The molecular weight excluding hydrogens is 287 g/mol. The Morgan fingerprint density at radius 3 is 2.70 bits per heavy atom. The van der Waals surface area contributed by atoms with Crippen molar-refractivity contribution in [2.45, 2.75) is 25.6 Å². The molecule has 0 aromatic carbocycles. The van der Waals surface area contributed by atoms with Crippen LogP contribution in [-0.4, -0.2) is 38.6 Å². The highest BCUT2D eigenvalue weighted by Crippen LogP contribution is 2.28. The van der Waals surface area contributed by atoms with Gasteiger partial charge in [-0.15, -0.1) is 5.10 Å². The average Bonchev–Trinajstić information content (AvgIpc) is 2.68. The van der Waals surface area contributed by atoms with E-state index in [1.54, 1.807) is 0 Å². The van der Waals surface area contributed by atoms with Gasteiger partial charge in [0.1, 0.15) is 6.20 Å². The number of nitro groups is 1. The smallest absolute Gasteiger partial charge is 0.422 e. The number of hydrogen-bond acceptors (Lipinski definition) is 5. The summed E-state index contributed by atoms with van der Waals surface area (Å²) in [7, 11) is 0. The number of carboxylic acid groups (broad SMARTS) is 1. The number of alkyl halides is 3. The van der Waals surface area contributed by atoms with Gasteiger partial charge in [0.15, 0.2) is 6.61 Å². The molecule has 1 aromatic rings. The van der Waals surface area contributed by atoms with Crippen molar-refractivity contribution in [2.75, 3.05) is 6.61 Å². The number of ether oxygens (including phenoxy) is 1. The van der Waals surface area contributed by atoms with Crippen LogP contribution >= 0.6 is 0 Å². The second-order valence-electron chi connectivity index (χ2n) is 3.91. The van der Waals surface area contributed by atoms with Gasteiger partial charge < -0.3 is 9.84 Å². The molecule has 0 radical (unpaired) electrons. The summed E-state index contributed by atoms with van der Waals surface area (Å²) in [5, 5.41) is 22.7. The van der Waals surface area contributed by atoms with Crippen molar-refractivity contribution >= 4 is 11.7 Å². The minimum absolute atomic E-state index is 0.391. The molecule has 8 nitrogen and oxygen atoms in total. The van der Waals surface area contributed by atoms with Crippen molar-refractivity contribution in [3.63, 3.8) is 0 Å². The van der Waals surface area contributed by atoms with Crippen LogP contribution in [0.15, 0.2) is 6.20 Å². The zero-order chi connectivity index (χ0) is 15.5. The van der Waals surface area contributed by atoms with Gasteiger partial charge >= 0.3 is 23.7 Å². The third-order valence-electron chi connectivity index (χ3n) is 2.17. The molecular formula is C9H10F3N3O5. The summed E-state index contributed by atoms with van der Waals surface area (Å²) in [5.41, 5.74) is -0.758. The van der Waals surface area contributed by atoms with E-state index in [0.29, 0.717) is 0 Å². The first-order valence-corrected chi connectivity index (χ1v) is 5.25. The molecule has 0 fully saturated rings. The predicted octanol–water partition coefficient (Wildman–Crippen LogP) is 1.77. The standard InChI is InChI=1S/C9H10F3N3O5/c1-5(2-7(16)17)14-3-6(15(18)19)8(13-14)20-4-9(10,11)12/h3,5H,2,4H2,1H3,(H,16,17)/t5-/m1/s1. The zero-order valence-corrected chi connectivity index (χ0v) is 10.1. The Balaban J connectivity index is 2.96. The number of carbonyl (C=O) groups is 1. The molecule has 0 aliphatic carbocycles.